The number of rotatable bonds is 8. The van der Waals surface area contributed by atoms with Crippen molar-refractivity contribution < 1.29 is 14.0 Å². The third-order valence-electron chi connectivity index (χ3n) is 2.92. The Labute approximate surface area is 134 Å². The van der Waals surface area contributed by atoms with Crippen LogP contribution in [0.15, 0.2) is 18.2 Å². The average molecular weight is 330 g/mol. The number of likely N-dealkylation sites (N-methyl/N-ethyl adjacent to an activating group) is 1. The second-order valence-electron chi connectivity index (χ2n) is 5.00. The Morgan fingerprint density at radius 1 is 1.27 bits per heavy atom. The van der Waals surface area contributed by atoms with Gasteiger partial charge in [0.05, 0.1) is 13.1 Å². The van der Waals surface area contributed by atoms with E-state index in [-0.39, 0.29) is 31.4 Å². The van der Waals surface area contributed by atoms with Gasteiger partial charge in [-0.1, -0.05) is 24.6 Å². The van der Waals surface area contributed by atoms with Crippen LogP contribution in [0.4, 0.5) is 4.39 Å². The van der Waals surface area contributed by atoms with Crippen molar-refractivity contribution in [2.24, 2.45) is 0 Å². The van der Waals surface area contributed by atoms with Crippen LogP contribution in [0.25, 0.3) is 0 Å². The third kappa shape index (κ3) is 6.41. The molecule has 0 aliphatic rings. The van der Waals surface area contributed by atoms with Crippen LogP contribution in [0.2, 0.25) is 5.02 Å². The molecule has 1 rings (SSSR count). The van der Waals surface area contributed by atoms with Crippen molar-refractivity contribution in [3.05, 3.63) is 34.6 Å². The molecule has 0 bridgehead atoms. The predicted molar refractivity (Wildman–Crippen MR) is 84.1 cm³/mol. The van der Waals surface area contributed by atoms with E-state index in [0.29, 0.717) is 17.1 Å². The number of nitrogens with one attached hydrogen (secondary N) is 2. The summed E-state index contributed by atoms with van der Waals surface area (Å²) < 4.78 is 13.7. The standard InChI is InChI=1S/C15H21ClFN3O2/c1-3-7-18-14(21)8-19-15(22)10-20(2)9-11-12(16)5-4-6-13(11)17/h4-6H,3,7-10H2,1-2H3,(H,18,21)(H,19,22). The van der Waals surface area contributed by atoms with Crippen LogP contribution in [-0.2, 0) is 16.1 Å². The lowest BCUT2D eigenvalue weighted by atomic mass is 10.2. The van der Waals surface area contributed by atoms with Gasteiger partial charge in [-0.25, -0.2) is 4.39 Å². The Morgan fingerprint density at radius 3 is 2.64 bits per heavy atom. The van der Waals surface area contributed by atoms with Crippen LogP contribution in [0, 0.1) is 5.82 Å². The van der Waals surface area contributed by atoms with E-state index < -0.39 is 5.82 Å². The number of hydrogen-bond acceptors (Lipinski definition) is 3. The van der Waals surface area contributed by atoms with Gasteiger partial charge in [-0.05, 0) is 25.6 Å². The van der Waals surface area contributed by atoms with E-state index in [2.05, 4.69) is 10.6 Å². The second kappa shape index (κ2) is 9.38. The van der Waals surface area contributed by atoms with E-state index in [4.69, 9.17) is 11.6 Å². The number of benzene rings is 1. The number of halogens is 2. The molecule has 0 fully saturated rings. The van der Waals surface area contributed by atoms with Crippen molar-refractivity contribution >= 4 is 23.4 Å². The first-order valence-corrected chi connectivity index (χ1v) is 7.46. The maximum Gasteiger partial charge on any atom is 0.239 e. The van der Waals surface area contributed by atoms with Gasteiger partial charge < -0.3 is 10.6 Å². The maximum atomic E-state index is 13.7. The average Bonchev–Trinajstić information content (AvgIpc) is 2.47. The van der Waals surface area contributed by atoms with Gasteiger partial charge in [0.1, 0.15) is 5.82 Å². The first kappa shape index (κ1) is 18.4. The van der Waals surface area contributed by atoms with Crippen LogP contribution in [0.3, 0.4) is 0 Å². The van der Waals surface area contributed by atoms with Crippen LogP contribution in [0.5, 0.6) is 0 Å². The Hall–Kier alpha value is -1.66. The van der Waals surface area contributed by atoms with Gasteiger partial charge >= 0.3 is 0 Å². The lowest BCUT2D eigenvalue weighted by molar-refractivity contribution is -0.126. The van der Waals surface area contributed by atoms with Gasteiger partial charge in [0.25, 0.3) is 0 Å². The molecule has 0 aliphatic carbocycles. The quantitative estimate of drug-likeness (QED) is 0.761. The number of nitrogens with zero attached hydrogens (tertiary/aromatic N) is 1. The molecular weight excluding hydrogens is 309 g/mol. The molecule has 7 heteroatoms. The fourth-order valence-corrected chi connectivity index (χ4v) is 2.04. The molecule has 2 amide bonds. The first-order chi connectivity index (χ1) is 10.4. The first-order valence-electron chi connectivity index (χ1n) is 7.08. The highest BCUT2D eigenvalue weighted by atomic mass is 35.5. The zero-order chi connectivity index (χ0) is 16.5. The Kier molecular flexibility index (Phi) is 7.84. The highest BCUT2D eigenvalue weighted by Gasteiger charge is 2.13. The van der Waals surface area contributed by atoms with Gasteiger partial charge in [0.2, 0.25) is 11.8 Å². The summed E-state index contributed by atoms with van der Waals surface area (Å²) in [6, 6.07) is 4.46. The second-order valence-corrected chi connectivity index (χ2v) is 5.41. The molecule has 0 heterocycles. The van der Waals surface area contributed by atoms with E-state index >= 15 is 0 Å². The van der Waals surface area contributed by atoms with Gasteiger partial charge in [-0.3, -0.25) is 14.5 Å². The smallest absolute Gasteiger partial charge is 0.239 e. The zero-order valence-corrected chi connectivity index (χ0v) is 13.5. The molecule has 22 heavy (non-hydrogen) atoms. The normalized spacial score (nSPS) is 10.6. The van der Waals surface area contributed by atoms with Crippen molar-refractivity contribution in [1.29, 1.82) is 0 Å². The van der Waals surface area contributed by atoms with Crippen molar-refractivity contribution in [2.75, 3.05) is 26.7 Å². The molecule has 1 aromatic carbocycles. The number of hydrogen-bond donors (Lipinski definition) is 2. The summed E-state index contributed by atoms with van der Waals surface area (Å²) in [5.41, 5.74) is 0.347. The van der Waals surface area contributed by atoms with Crippen LogP contribution in [0.1, 0.15) is 18.9 Å². The molecular formula is C15H21ClFN3O2. The fraction of sp³-hybridized carbons (Fsp3) is 0.467. The van der Waals surface area contributed by atoms with E-state index in [9.17, 15) is 14.0 Å². The minimum atomic E-state index is -0.404. The highest BCUT2D eigenvalue weighted by molar-refractivity contribution is 6.31. The number of amides is 2. The molecule has 1 aromatic rings. The zero-order valence-electron chi connectivity index (χ0n) is 12.8. The number of carbonyl (C=O) groups is 2. The lowest BCUT2D eigenvalue weighted by Gasteiger charge is -2.17. The molecule has 0 spiro atoms. The molecule has 0 radical (unpaired) electrons. The molecule has 0 saturated heterocycles. The van der Waals surface area contributed by atoms with E-state index in [1.165, 1.54) is 12.1 Å². The van der Waals surface area contributed by atoms with Gasteiger partial charge in [0.15, 0.2) is 0 Å². The summed E-state index contributed by atoms with van der Waals surface area (Å²) in [4.78, 5) is 24.7. The monoisotopic (exact) mass is 329 g/mol. The Balaban J connectivity index is 2.40. The molecule has 2 N–H and O–H groups in total. The Morgan fingerprint density at radius 2 is 2.00 bits per heavy atom. The molecule has 0 unspecified atom stereocenters. The summed E-state index contributed by atoms with van der Waals surface area (Å²) in [6.07, 6.45) is 0.839. The summed E-state index contributed by atoms with van der Waals surface area (Å²) in [5.74, 6) is -0.935. The van der Waals surface area contributed by atoms with Gasteiger partial charge in [-0.2, -0.15) is 0 Å². The topological polar surface area (TPSA) is 61.4 Å². The molecule has 0 aromatic heterocycles. The molecule has 122 valence electrons. The van der Waals surface area contributed by atoms with Gasteiger partial charge in [-0.15, -0.1) is 0 Å². The summed E-state index contributed by atoms with van der Waals surface area (Å²) in [7, 11) is 1.68. The number of carbonyl (C=O) groups excluding carboxylic acids is 2. The molecule has 0 aliphatic heterocycles. The van der Waals surface area contributed by atoms with Crippen LogP contribution in [-0.4, -0.2) is 43.4 Å². The summed E-state index contributed by atoms with van der Waals surface area (Å²) >= 11 is 5.94. The minimum absolute atomic E-state index is 0.0473. The molecule has 5 nitrogen and oxygen atoms in total. The predicted octanol–water partition coefficient (Wildman–Crippen LogP) is 1.55. The fourth-order valence-electron chi connectivity index (χ4n) is 1.82. The maximum absolute atomic E-state index is 13.7. The largest absolute Gasteiger partial charge is 0.355 e. The summed E-state index contributed by atoms with van der Waals surface area (Å²) in [6.45, 7) is 2.72. The minimum Gasteiger partial charge on any atom is -0.355 e. The van der Waals surface area contributed by atoms with Crippen molar-refractivity contribution in [3.63, 3.8) is 0 Å². The van der Waals surface area contributed by atoms with E-state index in [1.807, 2.05) is 6.92 Å². The van der Waals surface area contributed by atoms with Crippen molar-refractivity contribution in [1.82, 2.24) is 15.5 Å². The lowest BCUT2D eigenvalue weighted by Crippen LogP contribution is -2.41. The summed E-state index contributed by atoms with van der Waals surface area (Å²) in [5, 5.41) is 5.50. The van der Waals surface area contributed by atoms with Crippen molar-refractivity contribution in [2.45, 2.75) is 19.9 Å². The third-order valence-corrected chi connectivity index (χ3v) is 3.28. The van der Waals surface area contributed by atoms with Crippen LogP contribution >= 0.6 is 11.6 Å². The SMILES string of the molecule is CCCNC(=O)CNC(=O)CN(C)Cc1c(F)cccc1Cl. The van der Waals surface area contributed by atoms with Gasteiger partial charge in [0, 0.05) is 23.7 Å². The molecule has 0 atom stereocenters. The van der Waals surface area contributed by atoms with E-state index in [1.54, 1.807) is 18.0 Å². The highest BCUT2D eigenvalue weighted by Crippen LogP contribution is 2.20. The Bertz CT molecular complexity index is 505. The molecule has 0 saturated carbocycles. The van der Waals surface area contributed by atoms with Crippen molar-refractivity contribution in [3.8, 4) is 0 Å². The van der Waals surface area contributed by atoms with Crippen LogP contribution < -0.4 is 10.6 Å². The van der Waals surface area contributed by atoms with E-state index in [0.717, 1.165) is 6.42 Å².